The highest BCUT2D eigenvalue weighted by Gasteiger charge is 2.14. The number of hydrogen-bond acceptors (Lipinski definition) is 3. The summed E-state index contributed by atoms with van der Waals surface area (Å²) in [6, 6.07) is 8.45. The quantitative estimate of drug-likeness (QED) is 0.911. The Morgan fingerprint density at radius 1 is 1.15 bits per heavy atom. The summed E-state index contributed by atoms with van der Waals surface area (Å²) in [5, 5.41) is 4.38. The van der Waals surface area contributed by atoms with Gasteiger partial charge in [0, 0.05) is 29.5 Å². The topological polar surface area (TPSA) is 37.8 Å². The number of benzene rings is 1. The van der Waals surface area contributed by atoms with E-state index in [1.165, 1.54) is 0 Å². The fourth-order valence-corrected chi connectivity index (χ4v) is 2.61. The Hall–Kier alpha value is -1.45. The molecule has 2 unspecified atom stereocenters. The maximum atomic E-state index is 6.20. The zero-order chi connectivity index (χ0) is 14.5. The predicted molar refractivity (Wildman–Crippen MR) is 82.9 cm³/mol. The summed E-state index contributed by atoms with van der Waals surface area (Å²) in [4.78, 5) is 8.69. The Bertz CT molecular complexity index is 571. The van der Waals surface area contributed by atoms with E-state index in [-0.39, 0.29) is 6.04 Å². The first-order chi connectivity index (χ1) is 9.58. The van der Waals surface area contributed by atoms with Crippen molar-refractivity contribution in [2.75, 3.05) is 0 Å². The van der Waals surface area contributed by atoms with Crippen molar-refractivity contribution in [3.8, 4) is 0 Å². The van der Waals surface area contributed by atoms with Crippen molar-refractivity contribution in [3.05, 3.63) is 58.6 Å². The SMILES string of the molecule is Cc1nccnc1C(C)NC(C)Cc1ccccc1Cl. The van der Waals surface area contributed by atoms with E-state index in [1.54, 1.807) is 12.4 Å². The molecule has 0 aliphatic heterocycles. The zero-order valence-electron chi connectivity index (χ0n) is 12.1. The Kier molecular flexibility index (Phi) is 5.10. The second kappa shape index (κ2) is 6.82. The largest absolute Gasteiger partial charge is 0.306 e. The van der Waals surface area contributed by atoms with Gasteiger partial charge in [-0.2, -0.15) is 0 Å². The van der Waals surface area contributed by atoms with E-state index in [4.69, 9.17) is 11.6 Å². The minimum atomic E-state index is 0.168. The highest BCUT2D eigenvalue weighted by Crippen LogP contribution is 2.18. The first-order valence-corrected chi connectivity index (χ1v) is 7.22. The van der Waals surface area contributed by atoms with E-state index in [0.29, 0.717) is 6.04 Å². The van der Waals surface area contributed by atoms with Crippen molar-refractivity contribution in [3.63, 3.8) is 0 Å². The third-order valence-corrected chi connectivity index (χ3v) is 3.72. The standard InChI is InChI=1S/C16H20ClN3/c1-11(10-14-6-4-5-7-15(14)17)20-13(3)16-12(2)18-8-9-19-16/h4-9,11,13,20H,10H2,1-3H3. The summed E-state index contributed by atoms with van der Waals surface area (Å²) < 4.78 is 0. The van der Waals surface area contributed by atoms with E-state index < -0.39 is 0 Å². The molecule has 0 radical (unpaired) electrons. The molecule has 3 nitrogen and oxygen atoms in total. The summed E-state index contributed by atoms with van der Waals surface area (Å²) in [5.74, 6) is 0. The normalized spacial score (nSPS) is 14.0. The van der Waals surface area contributed by atoms with Crippen LogP contribution in [-0.2, 0) is 6.42 Å². The van der Waals surface area contributed by atoms with Crippen LogP contribution in [0.15, 0.2) is 36.7 Å². The monoisotopic (exact) mass is 289 g/mol. The van der Waals surface area contributed by atoms with Gasteiger partial charge >= 0.3 is 0 Å². The third-order valence-electron chi connectivity index (χ3n) is 3.35. The Morgan fingerprint density at radius 2 is 1.85 bits per heavy atom. The minimum absolute atomic E-state index is 0.168. The lowest BCUT2D eigenvalue weighted by molar-refractivity contribution is 0.467. The van der Waals surface area contributed by atoms with Gasteiger partial charge in [-0.1, -0.05) is 29.8 Å². The molecule has 20 heavy (non-hydrogen) atoms. The van der Waals surface area contributed by atoms with Crippen LogP contribution in [0.5, 0.6) is 0 Å². The first kappa shape index (κ1) is 14.9. The molecule has 106 valence electrons. The van der Waals surface area contributed by atoms with Gasteiger partial charge in [-0.3, -0.25) is 9.97 Å². The van der Waals surface area contributed by atoms with Crippen LogP contribution in [0.2, 0.25) is 5.02 Å². The highest BCUT2D eigenvalue weighted by atomic mass is 35.5. The summed E-state index contributed by atoms with van der Waals surface area (Å²) in [5.41, 5.74) is 3.13. The molecule has 1 heterocycles. The van der Waals surface area contributed by atoms with Crippen LogP contribution in [-0.4, -0.2) is 16.0 Å². The first-order valence-electron chi connectivity index (χ1n) is 6.85. The van der Waals surface area contributed by atoms with Crippen molar-refractivity contribution >= 4 is 11.6 Å². The molecule has 0 fully saturated rings. The molecular formula is C16H20ClN3. The second-order valence-corrected chi connectivity index (χ2v) is 5.52. The molecule has 0 spiro atoms. The van der Waals surface area contributed by atoms with Gasteiger partial charge in [-0.25, -0.2) is 0 Å². The van der Waals surface area contributed by atoms with Crippen molar-refractivity contribution in [2.45, 2.75) is 39.3 Å². The van der Waals surface area contributed by atoms with Crippen LogP contribution in [0.3, 0.4) is 0 Å². The van der Waals surface area contributed by atoms with Gasteiger partial charge in [0.05, 0.1) is 11.4 Å². The fraction of sp³-hybridized carbons (Fsp3) is 0.375. The van der Waals surface area contributed by atoms with Crippen LogP contribution in [0.25, 0.3) is 0 Å². The average molecular weight is 290 g/mol. The van der Waals surface area contributed by atoms with Crippen molar-refractivity contribution < 1.29 is 0 Å². The smallest absolute Gasteiger partial charge is 0.0782 e. The number of nitrogens with one attached hydrogen (secondary N) is 1. The number of rotatable bonds is 5. The van der Waals surface area contributed by atoms with E-state index in [9.17, 15) is 0 Å². The van der Waals surface area contributed by atoms with E-state index >= 15 is 0 Å². The van der Waals surface area contributed by atoms with Crippen molar-refractivity contribution in [1.29, 1.82) is 0 Å². The van der Waals surface area contributed by atoms with Gasteiger partial charge in [-0.05, 0) is 38.8 Å². The molecule has 0 aliphatic carbocycles. The molecule has 1 aromatic heterocycles. The lowest BCUT2D eigenvalue weighted by Crippen LogP contribution is -2.31. The van der Waals surface area contributed by atoms with Crippen LogP contribution in [0, 0.1) is 6.92 Å². The Morgan fingerprint density at radius 3 is 2.55 bits per heavy atom. The predicted octanol–water partition coefficient (Wildman–Crippen LogP) is 3.72. The molecule has 0 saturated carbocycles. The van der Waals surface area contributed by atoms with E-state index in [0.717, 1.165) is 28.4 Å². The molecule has 1 aromatic carbocycles. The van der Waals surface area contributed by atoms with Gasteiger partial charge in [-0.15, -0.1) is 0 Å². The Labute approximate surface area is 125 Å². The Balaban J connectivity index is 2.00. The van der Waals surface area contributed by atoms with Gasteiger partial charge in [0.15, 0.2) is 0 Å². The number of hydrogen-bond donors (Lipinski definition) is 1. The summed E-state index contributed by atoms with van der Waals surface area (Å²) in [6.07, 6.45) is 4.35. The number of halogens is 1. The van der Waals surface area contributed by atoms with Crippen LogP contribution in [0.4, 0.5) is 0 Å². The maximum absolute atomic E-state index is 6.20. The zero-order valence-corrected chi connectivity index (χ0v) is 12.9. The fourth-order valence-electron chi connectivity index (χ4n) is 2.40. The molecule has 4 heteroatoms. The molecular weight excluding hydrogens is 270 g/mol. The summed E-state index contributed by atoms with van der Waals surface area (Å²) >= 11 is 6.20. The molecule has 0 bridgehead atoms. The van der Waals surface area contributed by atoms with Gasteiger partial charge in [0.25, 0.3) is 0 Å². The van der Waals surface area contributed by atoms with E-state index in [2.05, 4.69) is 35.2 Å². The van der Waals surface area contributed by atoms with Crippen LogP contribution in [0.1, 0.15) is 36.8 Å². The highest BCUT2D eigenvalue weighted by molar-refractivity contribution is 6.31. The third kappa shape index (κ3) is 3.78. The average Bonchev–Trinajstić information content (AvgIpc) is 2.41. The lowest BCUT2D eigenvalue weighted by Gasteiger charge is -2.21. The van der Waals surface area contributed by atoms with Crippen molar-refractivity contribution in [1.82, 2.24) is 15.3 Å². The van der Waals surface area contributed by atoms with Gasteiger partial charge in [0.1, 0.15) is 0 Å². The minimum Gasteiger partial charge on any atom is -0.306 e. The van der Waals surface area contributed by atoms with E-state index in [1.807, 2.05) is 25.1 Å². The molecule has 0 saturated heterocycles. The molecule has 0 amide bonds. The molecule has 1 N–H and O–H groups in total. The van der Waals surface area contributed by atoms with Crippen LogP contribution >= 0.6 is 11.6 Å². The summed E-state index contributed by atoms with van der Waals surface area (Å²) in [7, 11) is 0. The van der Waals surface area contributed by atoms with Gasteiger partial charge in [0.2, 0.25) is 0 Å². The maximum Gasteiger partial charge on any atom is 0.0782 e. The van der Waals surface area contributed by atoms with Crippen LogP contribution < -0.4 is 5.32 Å². The molecule has 2 rings (SSSR count). The molecule has 2 aromatic rings. The number of aryl methyl sites for hydroxylation is 1. The molecule has 2 atom stereocenters. The number of aromatic nitrogens is 2. The molecule has 0 aliphatic rings. The summed E-state index contributed by atoms with van der Waals surface area (Å²) in [6.45, 7) is 6.25. The second-order valence-electron chi connectivity index (χ2n) is 5.11. The lowest BCUT2D eigenvalue weighted by atomic mass is 10.1. The number of nitrogens with zero attached hydrogens (tertiary/aromatic N) is 2. The van der Waals surface area contributed by atoms with Gasteiger partial charge < -0.3 is 5.32 Å². The van der Waals surface area contributed by atoms with Crippen molar-refractivity contribution in [2.24, 2.45) is 0 Å².